The Morgan fingerprint density at radius 3 is 2.64 bits per heavy atom. The molecule has 2 aromatic heterocycles. The number of aromatic nitrogens is 3. The predicted molar refractivity (Wildman–Crippen MR) is 96.0 cm³/mol. The molecule has 0 unspecified atom stereocenters. The minimum Gasteiger partial charge on any atom is -0.474 e. The molecule has 136 valence electrons. The van der Waals surface area contributed by atoms with Gasteiger partial charge >= 0.3 is 6.09 Å². The summed E-state index contributed by atoms with van der Waals surface area (Å²) < 4.78 is 13.0. The van der Waals surface area contributed by atoms with E-state index in [1.807, 2.05) is 27.7 Å². The van der Waals surface area contributed by atoms with Crippen LogP contribution in [0.25, 0.3) is 10.9 Å². The van der Waals surface area contributed by atoms with Gasteiger partial charge in [-0.1, -0.05) is 13.3 Å². The maximum atomic E-state index is 12.5. The maximum absolute atomic E-state index is 12.5. The molecule has 0 amide bonds. The normalized spacial score (nSPS) is 16.2. The lowest BCUT2D eigenvalue weighted by Crippen LogP contribution is -2.27. The van der Waals surface area contributed by atoms with Gasteiger partial charge in [0.25, 0.3) is 0 Å². The van der Waals surface area contributed by atoms with Gasteiger partial charge in [0, 0.05) is 6.20 Å². The van der Waals surface area contributed by atoms with E-state index in [0.717, 1.165) is 23.9 Å². The largest absolute Gasteiger partial charge is 0.474 e. The minimum atomic E-state index is -0.573. The first-order chi connectivity index (χ1) is 11.9. The summed E-state index contributed by atoms with van der Waals surface area (Å²) in [6, 6.07) is 1.79. The minimum absolute atomic E-state index is 0.196. The van der Waals surface area contributed by atoms with E-state index < -0.39 is 11.7 Å². The fourth-order valence-electron chi connectivity index (χ4n) is 3.23. The molecule has 0 atom stereocenters. The SMILES string of the molecule is CCc1nn(C(=O)OC(C)(C)C)c2ccnc(OC3CCCCC3)c12. The van der Waals surface area contributed by atoms with Crippen LogP contribution >= 0.6 is 0 Å². The van der Waals surface area contributed by atoms with Gasteiger partial charge in [0.1, 0.15) is 11.7 Å². The molecular weight excluding hydrogens is 318 g/mol. The van der Waals surface area contributed by atoms with Crippen LogP contribution in [0, 0.1) is 0 Å². The van der Waals surface area contributed by atoms with Gasteiger partial charge in [-0.2, -0.15) is 9.78 Å². The Morgan fingerprint density at radius 1 is 1.28 bits per heavy atom. The summed E-state index contributed by atoms with van der Waals surface area (Å²) in [5, 5.41) is 5.29. The summed E-state index contributed by atoms with van der Waals surface area (Å²) in [5.41, 5.74) is 0.919. The summed E-state index contributed by atoms with van der Waals surface area (Å²) in [4.78, 5) is 17.0. The summed E-state index contributed by atoms with van der Waals surface area (Å²) in [5.74, 6) is 0.580. The van der Waals surface area contributed by atoms with E-state index in [0.29, 0.717) is 17.8 Å². The third kappa shape index (κ3) is 3.94. The molecule has 2 heterocycles. The molecule has 0 N–H and O–H groups in total. The number of aryl methyl sites for hydroxylation is 1. The Morgan fingerprint density at radius 2 is 2.00 bits per heavy atom. The summed E-state index contributed by atoms with van der Waals surface area (Å²) in [7, 11) is 0. The smallest absolute Gasteiger partial charge is 0.435 e. The molecule has 0 aromatic carbocycles. The van der Waals surface area contributed by atoms with Gasteiger partial charge < -0.3 is 9.47 Å². The van der Waals surface area contributed by atoms with Gasteiger partial charge in [-0.3, -0.25) is 0 Å². The van der Waals surface area contributed by atoms with E-state index in [2.05, 4.69) is 10.1 Å². The number of carbonyl (C=O) groups is 1. The van der Waals surface area contributed by atoms with Gasteiger partial charge in [-0.05, 0) is 58.9 Å². The van der Waals surface area contributed by atoms with Crippen molar-refractivity contribution in [3.05, 3.63) is 18.0 Å². The molecule has 0 aliphatic heterocycles. The van der Waals surface area contributed by atoms with E-state index in [1.54, 1.807) is 12.3 Å². The Kier molecular flexibility index (Phi) is 4.97. The van der Waals surface area contributed by atoms with Crippen molar-refractivity contribution in [2.45, 2.75) is 77.9 Å². The molecule has 1 saturated carbocycles. The van der Waals surface area contributed by atoms with Crippen molar-refractivity contribution in [3.8, 4) is 5.88 Å². The molecule has 6 heteroatoms. The van der Waals surface area contributed by atoms with Crippen LogP contribution in [0.1, 0.15) is 65.5 Å². The van der Waals surface area contributed by atoms with Crippen molar-refractivity contribution >= 4 is 17.0 Å². The van der Waals surface area contributed by atoms with Gasteiger partial charge in [0.15, 0.2) is 0 Å². The fraction of sp³-hybridized carbons (Fsp3) is 0.632. The highest BCUT2D eigenvalue weighted by Gasteiger charge is 2.25. The number of ether oxygens (including phenoxy) is 2. The molecule has 0 bridgehead atoms. The molecule has 6 nitrogen and oxygen atoms in total. The number of fused-ring (bicyclic) bond motifs is 1. The van der Waals surface area contributed by atoms with Crippen LogP contribution in [0.2, 0.25) is 0 Å². The third-order valence-electron chi connectivity index (χ3n) is 4.36. The quantitative estimate of drug-likeness (QED) is 0.820. The molecule has 0 spiro atoms. The van der Waals surface area contributed by atoms with E-state index in [4.69, 9.17) is 9.47 Å². The van der Waals surface area contributed by atoms with Crippen LogP contribution in [-0.4, -0.2) is 32.6 Å². The lowest BCUT2D eigenvalue weighted by Gasteiger charge is -2.22. The zero-order chi connectivity index (χ0) is 18.0. The first kappa shape index (κ1) is 17.7. The zero-order valence-corrected chi connectivity index (χ0v) is 15.5. The van der Waals surface area contributed by atoms with E-state index in [9.17, 15) is 4.79 Å². The zero-order valence-electron chi connectivity index (χ0n) is 15.5. The first-order valence-corrected chi connectivity index (χ1v) is 9.15. The van der Waals surface area contributed by atoms with Crippen molar-refractivity contribution in [1.29, 1.82) is 0 Å². The van der Waals surface area contributed by atoms with Crippen molar-refractivity contribution in [3.63, 3.8) is 0 Å². The molecule has 1 fully saturated rings. The number of hydrogen-bond donors (Lipinski definition) is 0. The number of hydrogen-bond acceptors (Lipinski definition) is 5. The monoisotopic (exact) mass is 345 g/mol. The van der Waals surface area contributed by atoms with Crippen LogP contribution in [0.3, 0.4) is 0 Å². The molecule has 1 aliphatic rings. The molecule has 0 saturated heterocycles. The van der Waals surface area contributed by atoms with Crippen LogP contribution in [0.4, 0.5) is 4.79 Å². The van der Waals surface area contributed by atoms with Gasteiger partial charge in [0.2, 0.25) is 5.88 Å². The van der Waals surface area contributed by atoms with Crippen LogP contribution < -0.4 is 4.74 Å². The van der Waals surface area contributed by atoms with Crippen molar-refractivity contribution < 1.29 is 14.3 Å². The third-order valence-corrected chi connectivity index (χ3v) is 4.36. The van der Waals surface area contributed by atoms with E-state index in [-0.39, 0.29) is 6.10 Å². The lowest BCUT2D eigenvalue weighted by molar-refractivity contribution is 0.0522. The Bertz CT molecular complexity index is 755. The topological polar surface area (TPSA) is 66.2 Å². The molecule has 25 heavy (non-hydrogen) atoms. The number of pyridine rings is 1. The second-order valence-corrected chi connectivity index (χ2v) is 7.58. The second kappa shape index (κ2) is 7.02. The predicted octanol–water partition coefficient (Wildman–Crippen LogP) is 4.49. The summed E-state index contributed by atoms with van der Waals surface area (Å²) in [6.45, 7) is 7.54. The molecule has 2 aromatic rings. The standard InChI is InChI=1S/C19H27N3O3/c1-5-14-16-15(22(21-14)18(23)25-19(2,3)4)11-12-20-17(16)24-13-9-7-6-8-10-13/h11-13H,5-10H2,1-4H3. The van der Waals surface area contributed by atoms with Crippen molar-refractivity contribution in [2.24, 2.45) is 0 Å². The molecule has 3 rings (SSSR count). The number of rotatable bonds is 3. The fourth-order valence-corrected chi connectivity index (χ4v) is 3.23. The van der Waals surface area contributed by atoms with E-state index in [1.165, 1.54) is 23.9 Å². The average Bonchev–Trinajstić information content (AvgIpc) is 2.94. The van der Waals surface area contributed by atoms with Gasteiger partial charge in [-0.15, -0.1) is 0 Å². The highest BCUT2D eigenvalue weighted by Crippen LogP contribution is 2.31. The number of carbonyl (C=O) groups excluding carboxylic acids is 1. The van der Waals surface area contributed by atoms with E-state index >= 15 is 0 Å². The highest BCUT2D eigenvalue weighted by molar-refractivity contribution is 5.92. The molecule has 0 radical (unpaired) electrons. The Balaban J connectivity index is 1.98. The summed E-state index contributed by atoms with van der Waals surface area (Å²) in [6.07, 6.45) is 7.85. The lowest BCUT2D eigenvalue weighted by atomic mass is 9.98. The second-order valence-electron chi connectivity index (χ2n) is 7.58. The molecule has 1 aliphatic carbocycles. The molecular formula is C19H27N3O3. The summed E-state index contributed by atoms with van der Waals surface area (Å²) >= 11 is 0. The van der Waals surface area contributed by atoms with Crippen LogP contribution in [0.15, 0.2) is 12.3 Å². The van der Waals surface area contributed by atoms with Crippen molar-refractivity contribution in [2.75, 3.05) is 0 Å². The number of nitrogens with zero attached hydrogens (tertiary/aromatic N) is 3. The maximum Gasteiger partial charge on any atom is 0.435 e. The average molecular weight is 345 g/mol. The van der Waals surface area contributed by atoms with Crippen molar-refractivity contribution in [1.82, 2.24) is 14.8 Å². The first-order valence-electron chi connectivity index (χ1n) is 9.15. The van der Waals surface area contributed by atoms with Gasteiger partial charge in [0.05, 0.1) is 16.6 Å². The Hall–Kier alpha value is -2.11. The van der Waals surface area contributed by atoms with Gasteiger partial charge in [-0.25, -0.2) is 9.78 Å². The van der Waals surface area contributed by atoms with Crippen LogP contribution in [0.5, 0.6) is 5.88 Å². The van der Waals surface area contributed by atoms with Crippen LogP contribution in [-0.2, 0) is 11.2 Å². The Labute approximate surface area is 148 Å². The highest BCUT2D eigenvalue weighted by atomic mass is 16.6.